The van der Waals surface area contributed by atoms with Crippen molar-refractivity contribution in [2.75, 3.05) is 24.6 Å². The topological polar surface area (TPSA) is 49.4 Å². The van der Waals surface area contributed by atoms with E-state index in [1.807, 2.05) is 11.8 Å². The molecular formula is C16H21FN2O2S. The molecule has 2 atom stereocenters. The number of benzene rings is 1. The first-order valence-corrected chi connectivity index (χ1v) is 8.57. The zero-order chi connectivity index (χ0) is 16.1. The van der Waals surface area contributed by atoms with E-state index < -0.39 is 12.0 Å². The summed E-state index contributed by atoms with van der Waals surface area (Å²) < 4.78 is 13.2. The monoisotopic (exact) mass is 324 g/mol. The number of halogens is 1. The van der Waals surface area contributed by atoms with Gasteiger partial charge in [0.25, 0.3) is 0 Å². The molecule has 2 amide bonds. The first kappa shape index (κ1) is 16.8. The lowest BCUT2D eigenvalue weighted by atomic mass is 10.00. The minimum atomic E-state index is -0.563. The summed E-state index contributed by atoms with van der Waals surface area (Å²) in [5, 5.41) is 2.74. The second-order valence-corrected chi connectivity index (χ2v) is 6.67. The molecule has 1 saturated heterocycles. The number of hydrogen-bond donors (Lipinski definition) is 1. The minimum Gasteiger partial charge on any atom is -0.344 e. The van der Waals surface area contributed by atoms with Gasteiger partial charge in [0, 0.05) is 24.6 Å². The molecule has 1 fully saturated rings. The van der Waals surface area contributed by atoms with Crippen molar-refractivity contribution < 1.29 is 14.0 Å². The van der Waals surface area contributed by atoms with E-state index in [9.17, 15) is 14.0 Å². The van der Waals surface area contributed by atoms with E-state index in [1.165, 1.54) is 12.1 Å². The van der Waals surface area contributed by atoms with Crippen LogP contribution in [0.1, 0.15) is 25.3 Å². The number of amides is 2. The predicted molar refractivity (Wildman–Crippen MR) is 86.3 cm³/mol. The maximum Gasteiger partial charge on any atom is 0.244 e. The second kappa shape index (κ2) is 7.63. The molecule has 0 radical (unpaired) electrons. The van der Waals surface area contributed by atoms with Crippen molar-refractivity contribution in [2.24, 2.45) is 0 Å². The summed E-state index contributed by atoms with van der Waals surface area (Å²) in [6.45, 7) is 4.85. The van der Waals surface area contributed by atoms with E-state index in [0.717, 1.165) is 24.6 Å². The van der Waals surface area contributed by atoms with Crippen molar-refractivity contribution in [3.05, 3.63) is 35.6 Å². The summed E-state index contributed by atoms with van der Waals surface area (Å²) in [6.07, 6.45) is 0. The lowest BCUT2D eigenvalue weighted by molar-refractivity contribution is -0.135. The normalized spacial score (nSPS) is 17.7. The molecule has 1 aliphatic heterocycles. The minimum absolute atomic E-state index is 0.0555. The van der Waals surface area contributed by atoms with Gasteiger partial charge in [0.1, 0.15) is 11.9 Å². The fraction of sp³-hybridized carbons (Fsp3) is 0.500. The zero-order valence-corrected chi connectivity index (χ0v) is 13.7. The Morgan fingerprint density at radius 3 is 2.59 bits per heavy atom. The van der Waals surface area contributed by atoms with Crippen molar-refractivity contribution >= 4 is 23.6 Å². The molecule has 0 unspecified atom stereocenters. The molecule has 0 aliphatic carbocycles. The molecular weight excluding hydrogens is 303 g/mol. The van der Waals surface area contributed by atoms with Crippen LogP contribution >= 0.6 is 11.8 Å². The van der Waals surface area contributed by atoms with Crippen LogP contribution in [0.15, 0.2) is 24.3 Å². The van der Waals surface area contributed by atoms with Gasteiger partial charge < -0.3 is 10.2 Å². The Labute approximate surface area is 134 Å². The lowest BCUT2D eigenvalue weighted by Gasteiger charge is -2.29. The summed E-state index contributed by atoms with van der Waals surface area (Å²) in [4.78, 5) is 26.3. The molecule has 1 aliphatic rings. The van der Waals surface area contributed by atoms with E-state index in [-0.39, 0.29) is 17.6 Å². The Kier molecular flexibility index (Phi) is 5.83. The average molecular weight is 324 g/mol. The maximum absolute atomic E-state index is 13.2. The first-order chi connectivity index (χ1) is 10.5. The highest BCUT2D eigenvalue weighted by atomic mass is 32.2. The quantitative estimate of drug-likeness (QED) is 0.922. The number of carbonyl (C=O) groups is 2. The van der Waals surface area contributed by atoms with Crippen molar-refractivity contribution in [1.82, 2.24) is 10.2 Å². The Morgan fingerprint density at radius 2 is 1.95 bits per heavy atom. The highest BCUT2D eigenvalue weighted by Gasteiger charge is 2.25. The van der Waals surface area contributed by atoms with Crippen LogP contribution in [0.2, 0.25) is 0 Å². The molecule has 0 saturated carbocycles. The second-order valence-electron chi connectivity index (χ2n) is 5.44. The highest BCUT2D eigenvalue weighted by molar-refractivity contribution is 7.99. The van der Waals surface area contributed by atoms with Gasteiger partial charge in [-0.2, -0.15) is 11.8 Å². The summed E-state index contributed by atoms with van der Waals surface area (Å²) in [7, 11) is 0. The largest absolute Gasteiger partial charge is 0.344 e. The van der Waals surface area contributed by atoms with Gasteiger partial charge in [-0.25, -0.2) is 4.39 Å². The third-order valence-corrected chi connectivity index (χ3v) is 4.74. The van der Waals surface area contributed by atoms with Crippen molar-refractivity contribution in [3.63, 3.8) is 0 Å². The number of nitrogens with zero attached hydrogens (tertiary/aromatic N) is 1. The van der Waals surface area contributed by atoms with Crippen LogP contribution in [0.5, 0.6) is 0 Å². The van der Waals surface area contributed by atoms with Crippen LogP contribution in [0.4, 0.5) is 4.39 Å². The number of rotatable bonds is 4. The lowest BCUT2D eigenvalue weighted by Crippen LogP contribution is -2.50. The van der Waals surface area contributed by atoms with Gasteiger partial charge in [0.05, 0.1) is 5.92 Å². The smallest absolute Gasteiger partial charge is 0.244 e. The molecule has 0 bridgehead atoms. The van der Waals surface area contributed by atoms with Crippen LogP contribution in [0.25, 0.3) is 0 Å². The number of carbonyl (C=O) groups excluding carboxylic acids is 2. The first-order valence-electron chi connectivity index (χ1n) is 7.41. The number of thioether (sulfide) groups is 1. The Hall–Kier alpha value is -1.56. The molecule has 0 aromatic heterocycles. The highest BCUT2D eigenvalue weighted by Crippen LogP contribution is 2.17. The van der Waals surface area contributed by atoms with Crippen LogP contribution in [0, 0.1) is 5.82 Å². The summed E-state index contributed by atoms with van der Waals surface area (Å²) in [5.41, 5.74) is 0.603. The predicted octanol–water partition coefficient (Wildman–Crippen LogP) is 2.01. The molecule has 0 spiro atoms. The van der Waals surface area contributed by atoms with Crippen LogP contribution in [-0.4, -0.2) is 47.4 Å². The van der Waals surface area contributed by atoms with E-state index in [0.29, 0.717) is 5.56 Å². The van der Waals surface area contributed by atoms with Gasteiger partial charge in [-0.15, -0.1) is 0 Å². The molecule has 1 aromatic rings. The van der Waals surface area contributed by atoms with Gasteiger partial charge in [-0.05, 0) is 31.5 Å². The SMILES string of the molecule is C[C@H](NC(=O)[C@@H](C)c1cccc(F)c1)C(=O)N1CCSCC1. The van der Waals surface area contributed by atoms with Crippen molar-refractivity contribution in [3.8, 4) is 0 Å². The van der Waals surface area contributed by atoms with Crippen molar-refractivity contribution in [2.45, 2.75) is 25.8 Å². The van der Waals surface area contributed by atoms with E-state index in [1.54, 1.807) is 30.9 Å². The molecule has 4 nitrogen and oxygen atoms in total. The zero-order valence-electron chi connectivity index (χ0n) is 12.8. The molecule has 120 valence electrons. The molecule has 6 heteroatoms. The molecule has 2 rings (SSSR count). The molecule has 1 aromatic carbocycles. The Balaban J connectivity index is 1.94. The fourth-order valence-electron chi connectivity index (χ4n) is 2.39. The fourth-order valence-corrected chi connectivity index (χ4v) is 3.29. The van der Waals surface area contributed by atoms with Gasteiger partial charge in [0.2, 0.25) is 11.8 Å². The number of nitrogens with one attached hydrogen (secondary N) is 1. The van der Waals surface area contributed by atoms with Gasteiger partial charge in [-0.1, -0.05) is 12.1 Å². The summed E-state index contributed by atoms with van der Waals surface area (Å²) >= 11 is 1.83. The van der Waals surface area contributed by atoms with Gasteiger partial charge in [0.15, 0.2) is 0 Å². The van der Waals surface area contributed by atoms with E-state index in [4.69, 9.17) is 0 Å². The third-order valence-electron chi connectivity index (χ3n) is 3.79. The van der Waals surface area contributed by atoms with E-state index in [2.05, 4.69) is 5.32 Å². The maximum atomic E-state index is 13.2. The molecule has 1 N–H and O–H groups in total. The van der Waals surface area contributed by atoms with Gasteiger partial charge in [-0.3, -0.25) is 9.59 Å². The molecule has 22 heavy (non-hydrogen) atoms. The van der Waals surface area contributed by atoms with Crippen LogP contribution < -0.4 is 5.32 Å². The van der Waals surface area contributed by atoms with Gasteiger partial charge >= 0.3 is 0 Å². The van der Waals surface area contributed by atoms with Crippen LogP contribution in [-0.2, 0) is 9.59 Å². The summed E-state index contributed by atoms with van der Waals surface area (Å²) in [6, 6.07) is 5.41. The number of hydrogen-bond acceptors (Lipinski definition) is 3. The third kappa shape index (κ3) is 4.22. The van der Waals surface area contributed by atoms with Crippen molar-refractivity contribution in [1.29, 1.82) is 0 Å². The van der Waals surface area contributed by atoms with Crippen LogP contribution in [0.3, 0.4) is 0 Å². The Bertz CT molecular complexity index is 547. The molecule has 1 heterocycles. The Morgan fingerprint density at radius 1 is 1.27 bits per heavy atom. The average Bonchev–Trinajstić information content (AvgIpc) is 2.54. The summed E-state index contributed by atoms with van der Waals surface area (Å²) in [5.74, 6) is 0.686. The van der Waals surface area contributed by atoms with E-state index >= 15 is 0 Å². The standard InChI is InChI=1S/C16H21FN2O2S/c1-11(13-4-3-5-14(17)10-13)15(20)18-12(2)16(21)19-6-8-22-9-7-19/h3-5,10-12H,6-9H2,1-2H3,(H,18,20)/t11-,12-/m0/s1.